The first-order valence-corrected chi connectivity index (χ1v) is 7.31. The van der Waals surface area contributed by atoms with Crippen molar-refractivity contribution in [2.24, 2.45) is 5.10 Å². The predicted molar refractivity (Wildman–Crippen MR) is 91.5 cm³/mol. The van der Waals surface area contributed by atoms with E-state index in [-0.39, 0.29) is 11.6 Å². The maximum atomic E-state index is 13.5. The number of anilines is 1. The third kappa shape index (κ3) is 3.55. The highest BCUT2D eigenvalue weighted by Crippen LogP contribution is 2.26. The van der Waals surface area contributed by atoms with Crippen LogP contribution in [0.2, 0.25) is 0 Å². The molecular formula is C18H15FN4O. The van der Waals surface area contributed by atoms with Crippen LogP contribution in [0.25, 0.3) is 11.4 Å². The number of rotatable bonds is 4. The number of halogens is 1. The number of aromatic nitrogens is 2. The zero-order valence-corrected chi connectivity index (χ0v) is 12.9. The summed E-state index contributed by atoms with van der Waals surface area (Å²) in [4.78, 5) is 8.65. The van der Waals surface area contributed by atoms with Crippen molar-refractivity contribution in [3.05, 3.63) is 71.7 Å². The number of para-hydroxylation sites is 1. The molecule has 0 bridgehead atoms. The average molecular weight is 322 g/mol. The Hall–Kier alpha value is -3.28. The lowest BCUT2D eigenvalue weighted by Gasteiger charge is -2.07. The Balaban J connectivity index is 1.85. The summed E-state index contributed by atoms with van der Waals surface area (Å²) in [5, 5.41) is 13.9. The van der Waals surface area contributed by atoms with Crippen molar-refractivity contribution in [1.82, 2.24) is 9.97 Å². The second-order valence-corrected chi connectivity index (χ2v) is 5.13. The molecule has 0 unspecified atom stereocenters. The summed E-state index contributed by atoms with van der Waals surface area (Å²) in [6, 6.07) is 14.9. The van der Waals surface area contributed by atoms with Crippen LogP contribution in [0, 0.1) is 12.7 Å². The van der Waals surface area contributed by atoms with Crippen molar-refractivity contribution in [1.29, 1.82) is 0 Å². The van der Waals surface area contributed by atoms with E-state index < -0.39 is 0 Å². The van der Waals surface area contributed by atoms with Crippen molar-refractivity contribution < 1.29 is 9.50 Å². The van der Waals surface area contributed by atoms with Crippen LogP contribution in [-0.4, -0.2) is 21.3 Å². The highest BCUT2D eigenvalue weighted by atomic mass is 19.1. The van der Waals surface area contributed by atoms with E-state index >= 15 is 0 Å². The lowest BCUT2D eigenvalue weighted by atomic mass is 10.2. The number of nitrogens with zero attached hydrogens (tertiary/aromatic N) is 3. The second-order valence-electron chi connectivity index (χ2n) is 5.13. The van der Waals surface area contributed by atoms with E-state index in [4.69, 9.17) is 0 Å². The predicted octanol–water partition coefficient (Wildman–Crippen LogP) is 3.74. The van der Waals surface area contributed by atoms with Gasteiger partial charge in [0, 0.05) is 17.3 Å². The van der Waals surface area contributed by atoms with Crippen LogP contribution in [0.4, 0.5) is 10.2 Å². The average Bonchev–Trinajstić information content (AvgIpc) is 2.56. The van der Waals surface area contributed by atoms with E-state index in [2.05, 4.69) is 20.5 Å². The number of hydrogen-bond acceptors (Lipinski definition) is 5. The lowest BCUT2D eigenvalue weighted by molar-refractivity contribution is 0.477. The summed E-state index contributed by atoms with van der Waals surface area (Å²) in [6.45, 7) is 1.82. The highest BCUT2D eigenvalue weighted by molar-refractivity contribution is 5.80. The standard InChI is InChI=1S/C18H15FN4O/c1-12-10-17(23-20-11-13-6-2-4-8-15(13)19)22-18(21-12)14-7-3-5-9-16(14)24/h2-11,24H,1H3,(H,21,22,23). The largest absolute Gasteiger partial charge is 0.507 e. The van der Waals surface area contributed by atoms with Gasteiger partial charge in [-0.1, -0.05) is 30.3 Å². The molecule has 0 aliphatic heterocycles. The molecule has 5 nitrogen and oxygen atoms in total. The Morgan fingerprint density at radius 3 is 2.62 bits per heavy atom. The molecule has 0 saturated carbocycles. The summed E-state index contributed by atoms with van der Waals surface area (Å²) in [5.74, 6) is 0.589. The van der Waals surface area contributed by atoms with Gasteiger partial charge in [0.05, 0.1) is 11.8 Å². The summed E-state index contributed by atoms with van der Waals surface area (Å²) in [7, 11) is 0. The van der Waals surface area contributed by atoms with E-state index in [1.54, 1.807) is 48.5 Å². The van der Waals surface area contributed by atoms with Crippen molar-refractivity contribution >= 4 is 12.0 Å². The van der Waals surface area contributed by atoms with Crippen LogP contribution >= 0.6 is 0 Å². The molecule has 0 fully saturated rings. The first kappa shape index (κ1) is 15.6. The Kier molecular flexibility index (Phi) is 4.47. The molecule has 6 heteroatoms. The quantitative estimate of drug-likeness (QED) is 0.567. The molecule has 3 rings (SSSR count). The van der Waals surface area contributed by atoms with E-state index in [1.165, 1.54) is 12.3 Å². The number of benzene rings is 2. The van der Waals surface area contributed by atoms with Gasteiger partial charge in [0.25, 0.3) is 0 Å². The van der Waals surface area contributed by atoms with Gasteiger partial charge < -0.3 is 5.11 Å². The van der Waals surface area contributed by atoms with Gasteiger partial charge in [-0.05, 0) is 25.1 Å². The van der Waals surface area contributed by atoms with Crippen LogP contribution in [0.5, 0.6) is 5.75 Å². The fourth-order valence-electron chi connectivity index (χ4n) is 2.16. The number of phenolic OH excluding ortho intramolecular Hbond substituents is 1. The monoisotopic (exact) mass is 322 g/mol. The molecule has 1 aromatic heterocycles. The van der Waals surface area contributed by atoms with E-state index in [0.29, 0.717) is 28.5 Å². The molecule has 0 aliphatic rings. The van der Waals surface area contributed by atoms with Crippen LogP contribution < -0.4 is 5.43 Å². The first-order chi connectivity index (χ1) is 11.6. The molecule has 0 amide bonds. The molecule has 24 heavy (non-hydrogen) atoms. The maximum absolute atomic E-state index is 13.5. The minimum Gasteiger partial charge on any atom is -0.507 e. The van der Waals surface area contributed by atoms with Crippen molar-refractivity contribution in [2.45, 2.75) is 6.92 Å². The lowest BCUT2D eigenvalue weighted by Crippen LogP contribution is -1.99. The van der Waals surface area contributed by atoms with Gasteiger partial charge >= 0.3 is 0 Å². The third-order valence-corrected chi connectivity index (χ3v) is 3.29. The smallest absolute Gasteiger partial charge is 0.165 e. The maximum Gasteiger partial charge on any atom is 0.165 e. The zero-order chi connectivity index (χ0) is 16.9. The number of phenols is 1. The molecule has 2 aromatic carbocycles. The Morgan fingerprint density at radius 1 is 1.08 bits per heavy atom. The third-order valence-electron chi connectivity index (χ3n) is 3.29. The summed E-state index contributed by atoms with van der Waals surface area (Å²) >= 11 is 0. The molecule has 120 valence electrons. The topological polar surface area (TPSA) is 70.4 Å². The van der Waals surface area contributed by atoms with Gasteiger partial charge in [0.2, 0.25) is 0 Å². The van der Waals surface area contributed by atoms with E-state index in [1.807, 2.05) is 6.92 Å². The first-order valence-electron chi connectivity index (χ1n) is 7.31. The molecule has 0 aliphatic carbocycles. The SMILES string of the molecule is Cc1cc(NN=Cc2ccccc2F)nc(-c2ccccc2O)n1. The van der Waals surface area contributed by atoms with Gasteiger partial charge in [-0.2, -0.15) is 5.10 Å². The fourth-order valence-corrected chi connectivity index (χ4v) is 2.16. The Labute approximate surface area is 138 Å². The van der Waals surface area contributed by atoms with Crippen LogP contribution in [0.15, 0.2) is 59.7 Å². The zero-order valence-electron chi connectivity index (χ0n) is 12.9. The van der Waals surface area contributed by atoms with Gasteiger partial charge in [-0.3, -0.25) is 5.43 Å². The molecular weight excluding hydrogens is 307 g/mol. The number of hydrogen-bond donors (Lipinski definition) is 2. The van der Waals surface area contributed by atoms with Gasteiger partial charge in [-0.25, -0.2) is 14.4 Å². The normalized spacial score (nSPS) is 10.9. The number of hydrazone groups is 1. The van der Waals surface area contributed by atoms with Crippen molar-refractivity contribution in [3.8, 4) is 17.1 Å². The van der Waals surface area contributed by atoms with Gasteiger partial charge in [0.15, 0.2) is 11.6 Å². The Bertz CT molecular complexity index is 896. The molecule has 1 heterocycles. The number of nitrogens with one attached hydrogen (secondary N) is 1. The van der Waals surface area contributed by atoms with Gasteiger partial charge in [-0.15, -0.1) is 0 Å². The van der Waals surface area contributed by atoms with E-state index in [0.717, 1.165) is 0 Å². The molecule has 0 spiro atoms. The summed E-state index contributed by atoms with van der Waals surface area (Å²) < 4.78 is 13.5. The molecule has 0 radical (unpaired) electrons. The van der Waals surface area contributed by atoms with Crippen LogP contribution in [0.3, 0.4) is 0 Å². The minimum absolute atomic E-state index is 0.101. The summed E-state index contributed by atoms with van der Waals surface area (Å²) in [6.07, 6.45) is 1.38. The van der Waals surface area contributed by atoms with Crippen molar-refractivity contribution in [2.75, 3.05) is 5.43 Å². The second kappa shape index (κ2) is 6.87. The highest BCUT2D eigenvalue weighted by Gasteiger charge is 2.08. The Morgan fingerprint density at radius 2 is 1.83 bits per heavy atom. The van der Waals surface area contributed by atoms with Crippen LogP contribution in [0.1, 0.15) is 11.3 Å². The van der Waals surface area contributed by atoms with Crippen LogP contribution in [-0.2, 0) is 0 Å². The molecule has 2 N–H and O–H groups in total. The van der Waals surface area contributed by atoms with Gasteiger partial charge in [0.1, 0.15) is 11.6 Å². The summed E-state index contributed by atoms with van der Waals surface area (Å²) in [5.41, 5.74) is 4.38. The number of aromatic hydroxyl groups is 1. The molecule has 0 atom stereocenters. The van der Waals surface area contributed by atoms with E-state index in [9.17, 15) is 9.50 Å². The molecule has 3 aromatic rings. The minimum atomic E-state index is -0.350. The van der Waals surface area contributed by atoms with Crippen molar-refractivity contribution in [3.63, 3.8) is 0 Å². The number of aryl methyl sites for hydroxylation is 1. The molecule has 0 saturated heterocycles. The fraction of sp³-hybridized carbons (Fsp3) is 0.0556.